The van der Waals surface area contributed by atoms with Gasteiger partial charge in [-0.25, -0.2) is 0 Å². The van der Waals surface area contributed by atoms with E-state index in [1.807, 2.05) is 0 Å². The van der Waals surface area contributed by atoms with Gasteiger partial charge in [0.1, 0.15) is 0 Å². The van der Waals surface area contributed by atoms with E-state index in [0.717, 1.165) is 19.5 Å². The maximum Gasteiger partial charge on any atom is 0.188 e. The van der Waals surface area contributed by atoms with Crippen LogP contribution in [-0.4, -0.2) is 43.1 Å². The highest BCUT2D eigenvalue weighted by Gasteiger charge is 2.14. The summed E-state index contributed by atoms with van der Waals surface area (Å²) >= 11 is 0. The fraction of sp³-hybridized carbons (Fsp3) is 0.909. The predicted molar refractivity (Wildman–Crippen MR) is 65.1 cm³/mol. The van der Waals surface area contributed by atoms with Gasteiger partial charge in [0, 0.05) is 19.1 Å². The molecule has 0 aromatic heterocycles. The molecule has 0 radical (unpaired) electrons. The number of likely N-dealkylation sites (tertiary alicyclic amines) is 1. The Labute approximate surface area is 92.9 Å². The second-order valence-electron chi connectivity index (χ2n) is 4.32. The summed E-state index contributed by atoms with van der Waals surface area (Å²) in [7, 11) is 0. The minimum atomic E-state index is 0.392. The van der Waals surface area contributed by atoms with E-state index in [1.54, 1.807) is 0 Å². The van der Waals surface area contributed by atoms with Gasteiger partial charge in [-0.15, -0.1) is 0 Å². The molecule has 1 unspecified atom stereocenters. The summed E-state index contributed by atoms with van der Waals surface area (Å²) in [5, 5.41) is 3.23. The third-order valence-corrected chi connectivity index (χ3v) is 2.63. The first kappa shape index (κ1) is 12.3. The number of hydrogen-bond donors (Lipinski definition) is 2. The van der Waals surface area contributed by atoms with E-state index >= 15 is 0 Å². The molecule has 1 aliphatic rings. The highest BCUT2D eigenvalue weighted by atomic mass is 15.2. The lowest BCUT2D eigenvalue weighted by Crippen LogP contribution is -2.44. The quantitative estimate of drug-likeness (QED) is 0.523. The molecule has 1 heterocycles. The first-order chi connectivity index (χ1) is 7.22. The average molecular weight is 212 g/mol. The molecule has 0 aromatic rings. The number of hydrogen-bond acceptors (Lipinski definition) is 2. The van der Waals surface area contributed by atoms with E-state index in [1.165, 1.54) is 25.9 Å². The van der Waals surface area contributed by atoms with Crippen LogP contribution in [0.1, 0.15) is 33.1 Å². The van der Waals surface area contributed by atoms with Crippen molar-refractivity contribution in [2.75, 3.05) is 26.2 Å². The summed E-state index contributed by atoms with van der Waals surface area (Å²) in [5.41, 5.74) is 5.76. The zero-order valence-electron chi connectivity index (χ0n) is 10.00. The van der Waals surface area contributed by atoms with Crippen molar-refractivity contribution in [2.24, 2.45) is 10.7 Å². The molecular weight excluding hydrogens is 188 g/mol. The van der Waals surface area contributed by atoms with Gasteiger partial charge in [-0.1, -0.05) is 6.92 Å². The molecule has 0 aliphatic carbocycles. The molecule has 1 fully saturated rings. The molecule has 88 valence electrons. The third kappa shape index (κ3) is 5.02. The topological polar surface area (TPSA) is 53.6 Å². The largest absolute Gasteiger partial charge is 0.370 e. The van der Waals surface area contributed by atoms with E-state index in [9.17, 15) is 0 Å². The highest BCUT2D eigenvalue weighted by Crippen LogP contribution is 2.07. The van der Waals surface area contributed by atoms with Crippen molar-refractivity contribution >= 4 is 5.96 Å². The summed E-state index contributed by atoms with van der Waals surface area (Å²) in [6.45, 7) is 8.62. The second-order valence-corrected chi connectivity index (χ2v) is 4.32. The Kier molecular flexibility index (Phi) is 5.47. The lowest BCUT2D eigenvalue weighted by Gasteiger charge is -2.21. The molecular formula is C11H24N4. The monoisotopic (exact) mass is 212 g/mol. The van der Waals surface area contributed by atoms with Crippen molar-refractivity contribution in [3.05, 3.63) is 0 Å². The van der Waals surface area contributed by atoms with Gasteiger partial charge >= 0.3 is 0 Å². The van der Waals surface area contributed by atoms with Crippen LogP contribution in [0.3, 0.4) is 0 Å². The molecule has 1 atom stereocenters. The molecule has 1 aliphatic heterocycles. The number of nitrogens with two attached hydrogens (primary N) is 1. The van der Waals surface area contributed by atoms with Crippen molar-refractivity contribution < 1.29 is 0 Å². The second kappa shape index (κ2) is 6.67. The number of rotatable bonds is 5. The Hall–Kier alpha value is -0.770. The molecule has 0 aromatic carbocycles. The SMILES string of the molecule is CCCN=C(N)NC(C)CN1CCCC1. The van der Waals surface area contributed by atoms with Crippen LogP contribution in [0.25, 0.3) is 0 Å². The Bertz CT molecular complexity index is 197. The van der Waals surface area contributed by atoms with Crippen LogP contribution >= 0.6 is 0 Å². The molecule has 0 amide bonds. The van der Waals surface area contributed by atoms with Gasteiger partial charge in [0.05, 0.1) is 0 Å². The van der Waals surface area contributed by atoms with Crippen LogP contribution < -0.4 is 11.1 Å². The van der Waals surface area contributed by atoms with Gasteiger partial charge in [-0.2, -0.15) is 0 Å². The van der Waals surface area contributed by atoms with E-state index in [4.69, 9.17) is 5.73 Å². The van der Waals surface area contributed by atoms with Gasteiger partial charge in [0.15, 0.2) is 5.96 Å². The Morgan fingerprint density at radius 2 is 2.13 bits per heavy atom. The molecule has 0 bridgehead atoms. The van der Waals surface area contributed by atoms with Gasteiger partial charge in [-0.05, 0) is 39.3 Å². The molecule has 0 spiro atoms. The first-order valence-electron chi connectivity index (χ1n) is 6.01. The highest BCUT2D eigenvalue weighted by molar-refractivity contribution is 5.78. The van der Waals surface area contributed by atoms with E-state index < -0.39 is 0 Å². The van der Waals surface area contributed by atoms with Crippen LogP contribution in [0.2, 0.25) is 0 Å². The average Bonchev–Trinajstić information content (AvgIpc) is 2.67. The Morgan fingerprint density at radius 1 is 1.47 bits per heavy atom. The third-order valence-electron chi connectivity index (χ3n) is 2.63. The lowest BCUT2D eigenvalue weighted by molar-refractivity contribution is 0.311. The minimum Gasteiger partial charge on any atom is -0.370 e. The van der Waals surface area contributed by atoms with E-state index in [-0.39, 0.29) is 0 Å². The van der Waals surface area contributed by atoms with Gasteiger partial charge in [0.2, 0.25) is 0 Å². The summed E-state index contributed by atoms with van der Waals surface area (Å²) in [6, 6.07) is 0.392. The molecule has 1 rings (SSSR count). The summed E-state index contributed by atoms with van der Waals surface area (Å²) in [6.07, 6.45) is 3.72. The van der Waals surface area contributed by atoms with Crippen molar-refractivity contribution in [3.63, 3.8) is 0 Å². The van der Waals surface area contributed by atoms with Gasteiger partial charge in [0.25, 0.3) is 0 Å². The molecule has 1 saturated heterocycles. The number of guanidine groups is 1. The van der Waals surface area contributed by atoms with Crippen molar-refractivity contribution in [1.29, 1.82) is 0 Å². The van der Waals surface area contributed by atoms with Crippen LogP contribution in [0.5, 0.6) is 0 Å². The molecule has 0 saturated carbocycles. The zero-order valence-corrected chi connectivity index (χ0v) is 10.00. The van der Waals surface area contributed by atoms with Crippen molar-refractivity contribution in [1.82, 2.24) is 10.2 Å². The fourth-order valence-corrected chi connectivity index (χ4v) is 1.93. The van der Waals surface area contributed by atoms with Crippen molar-refractivity contribution in [3.8, 4) is 0 Å². The van der Waals surface area contributed by atoms with Crippen LogP contribution in [-0.2, 0) is 0 Å². The normalized spacial score (nSPS) is 20.5. The summed E-state index contributed by atoms with van der Waals surface area (Å²) < 4.78 is 0. The lowest BCUT2D eigenvalue weighted by atomic mass is 10.3. The molecule has 4 nitrogen and oxygen atoms in total. The molecule has 15 heavy (non-hydrogen) atoms. The number of nitrogens with one attached hydrogen (secondary N) is 1. The van der Waals surface area contributed by atoms with Gasteiger partial charge < -0.3 is 16.0 Å². The Balaban J connectivity index is 2.19. The zero-order chi connectivity index (χ0) is 11.1. The number of nitrogens with zero attached hydrogens (tertiary/aromatic N) is 2. The fourth-order valence-electron chi connectivity index (χ4n) is 1.93. The van der Waals surface area contributed by atoms with Crippen LogP contribution in [0.15, 0.2) is 4.99 Å². The maximum absolute atomic E-state index is 5.76. The molecule has 4 heteroatoms. The predicted octanol–water partition coefficient (Wildman–Crippen LogP) is 0.785. The van der Waals surface area contributed by atoms with Gasteiger partial charge in [-0.3, -0.25) is 4.99 Å². The van der Waals surface area contributed by atoms with E-state index in [0.29, 0.717) is 12.0 Å². The minimum absolute atomic E-state index is 0.392. The summed E-state index contributed by atoms with van der Waals surface area (Å²) in [5.74, 6) is 0.587. The first-order valence-corrected chi connectivity index (χ1v) is 6.01. The van der Waals surface area contributed by atoms with E-state index in [2.05, 4.69) is 29.1 Å². The number of aliphatic imine (C=N–C) groups is 1. The smallest absolute Gasteiger partial charge is 0.188 e. The van der Waals surface area contributed by atoms with Crippen LogP contribution in [0, 0.1) is 0 Å². The Morgan fingerprint density at radius 3 is 2.73 bits per heavy atom. The molecule has 3 N–H and O–H groups in total. The van der Waals surface area contributed by atoms with Crippen molar-refractivity contribution in [2.45, 2.75) is 39.2 Å². The van der Waals surface area contributed by atoms with Crippen LogP contribution in [0.4, 0.5) is 0 Å². The maximum atomic E-state index is 5.76. The standard InChI is InChI=1S/C11H24N4/c1-3-6-13-11(12)14-10(2)9-15-7-4-5-8-15/h10H,3-9H2,1-2H3,(H3,12,13,14). The summed E-state index contributed by atoms with van der Waals surface area (Å²) in [4.78, 5) is 6.70.